The van der Waals surface area contributed by atoms with Gasteiger partial charge in [-0.1, -0.05) is 36.4 Å². The van der Waals surface area contributed by atoms with Crippen LogP contribution in [0.2, 0.25) is 0 Å². The molecule has 0 aromatic heterocycles. The van der Waals surface area contributed by atoms with Crippen LogP contribution in [-0.4, -0.2) is 82.7 Å². The van der Waals surface area contributed by atoms with Gasteiger partial charge in [-0.2, -0.15) is 0 Å². The standard InChI is InChI=1S/C52H45N3O14S/c56-38-10-5-34(7-18-49(60)70-41-13-3-32(4-14-41)25-48(59)54-30-33-1-8-37(9-2-33)55(64)65)36(26-38)31-68-24-23-67-22-21-66-20-19-53-51(61)35-6-15-42(52(62)63)45(27-35)50-43-16-11-39(57)28-46(43)69-47-29-40(58)12-17-44(47)50/h1-18,26-29,56-57H,19-25,30-31H2,(H,53,61)(H,54,59)(H,62,63). The second-order valence-electron chi connectivity index (χ2n) is 15.6. The molecule has 0 atom stereocenters. The molecule has 5 N–H and O–H groups in total. The number of carboxylic acid groups (broad SMARTS) is 1. The summed E-state index contributed by atoms with van der Waals surface area (Å²) in [5.41, 5.74) is 3.89. The highest BCUT2D eigenvalue weighted by Gasteiger charge is 2.23. The largest absolute Gasteiger partial charge is 0.508 e. The van der Waals surface area contributed by atoms with Gasteiger partial charge in [-0.3, -0.25) is 29.3 Å². The van der Waals surface area contributed by atoms with Gasteiger partial charge in [-0.05, 0) is 112 Å². The lowest BCUT2D eigenvalue weighted by Gasteiger charge is -2.17. The number of phenolic OH excluding ortho intramolecular Hbond substituents is 2. The molecule has 1 aliphatic heterocycles. The lowest BCUT2D eigenvalue weighted by atomic mass is 9.89. The third-order valence-corrected chi connectivity index (χ3v) is 11.5. The highest BCUT2D eigenvalue weighted by atomic mass is 32.2. The summed E-state index contributed by atoms with van der Waals surface area (Å²) in [5, 5.41) is 47.0. The van der Waals surface area contributed by atoms with E-state index < -0.39 is 16.8 Å². The van der Waals surface area contributed by atoms with Gasteiger partial charge >= 0.3 is 5.97 Å². The van der Waals surface area contributed by atoms with Crippen LogP contribution in [-0.2, 0) is 43.4 Å². The number of ether oxygens (including phenoxy) is 3. The van der Waals surface area contributed by atoms with E-state index in [1.807, 2.05) is 0 Å². The molecule has 0 saturated heterocycles. The molecule has 0 bridgehead atoms. The second kappa shape index (κ2) is 23.7. The molecule has 358 valence electrons. The Morgan fingerprint density at radius 2 is 1.43 bits per heavy atom. The lowest BCUT2D eigenvalue weighted by Crippen LogP contribution is -2.27. The van der Waals surface area contributed by atoms with E-state index in [1.165, 1.54) is 72.8 Å². The molecule has 2 amide bonds. The van der Waals surface area contributed by atoms with Gasteiger partial charge < -0.3 is 44.6 Å². The Morgan fingerprint density at radius 3 is 2.17 bits per heavy atom. The number of hydrogen-bond acceptors (Lipinski definition) is 14. The number of hydrogen-bond donors (Lipinski definition) is 5. The van der Waals surface area contributed by atoms with Gasteiger partial charge in [0.2, 0.25) is 11.0 Å². The van der Waals surface area contributed by atoms with Crippen molar-refractivity contribution in [2.75, 3.05) is 39.6 Å². The van der Waals surface area contributed by atoms with Crippen molar-refractivity contribution < 1.29 is 58.0 Å². The molecule has 0 radical (unpaired) electrons. The number of phenols is 2. The first-order valence-electron chi connectivity index (χ1n) is 21.7. The maximum atomic E-state index is 13.2. The summed E-state index contributed by atoms with van der Waals surface area (Å²) in [6, 6.07) is 30.4. The number of nitrogens with zero attached hydrogens (tertiary/aromatic N) is 1. The molecular formula is C52H45N3O14S. The van der Waals surface area contributed by atoms with E-state index in [9.17, 15) is 49.4 Å². The van der Waals surface area contributed by atoms with E-state index in [0.29, 0.717) is 32.5 Å². The van der Waals surface area contributed by atoms with Crippen molar-refractivity contribution in [2.45, 2.75) is 24.5 Å². The van der Waals surface area contributed by atoms with E-state index in [1.54, 1.807) is 60.7 Å². The first-order chi connectivity index (χ1) is 33.8. The smallest absolute Gasteiger partial charge is 0.336 e. The lowest BCUT2D eigenvalue weighted by molar-refractivity contribution is -0.384. The SMILES string of the molecule is O=C(Cc1ccc(SC(=O)C=Cc2ccc(O)cc2COCCOCCOCCNC(=O)c2ccc(C(=O)O)c(-c3c4ccc(=O)cc-4oc4cc(O)ccc34)c2)cc1)NCc1ccc([N+](=O)[O-])cc1. The van der Waals surface area contributed by atoms with Crippen LogP contribution in [0.1, 0.15) is 43.0 Å². The molecule has 0 spiro atoms. The van der Waals surface area contributed by atoms with E-state index in [2.05, 4.69) is 10.6 Å². The maximum Gasteiger partial charge on any atom is 0.336 e. The number of thioether (sulfide) groups is 1. The zero-order valence-electron chi connectivity index (χ0n) is 37.3. The number of fused-ring (bicyclic) bond motifs is 2. The summed E-state index contributed by atoms with van der Waals surface area (Å²) in [6.07, 6.45) is 3.19. The summed E-state index contributed by atoms with van der Waals surface area (Å²) in [6.45, 7) is 1.65. The van der Waals surface area contributed by atoms with Crippen molar-refractivity contribution in [1.82, 2.24) is 10.6 Å². The number of amides is 2. The van der Waals surface area contributed by atoms with Crippen molar-refractivity contribution in [2.24, 2.45) is 0 Å². The predicted octanol–water partition coefficient (Wildman–Crippen LogP) is 7.75. The molecule has 0 fully saturated rings. The highest BCUT2D eigenvalue weighted by molar-refractivity contribution is 8.14. The molecule has 1 aliphatic carbocycles. The van der Waals surface area contributed by atoms with Gasteiger partial charge in [0.1, 0.15) is 22.8 Å². The number of nitro groups is 1. The van der Waals surface area contributed by atoms with Gasteiger partial charge in [0.25, 0.3) is 11.6 Å². The summed E-state index contributed by atoms with van der Waals surface area (Å²) in [5.74, 6) is -1.78. The minimum Gasteiger partial charge on any atom is -0.508 e. The average molecular weight is 968 g/mol. The van der Waals surface area contributed by atoms with E-state index in [0.717, 1.165) is 22.9 Å². The van der Waals surface area contributed by atoms with Crippen molar-refractivity contribution in [1.29, 1.82) is 0 Å². The number of rotatable bonds is 22. The molecular weight excluding hydrogens is 923 g/mol. The Bertz CT molecular complexity index is 3100. The summed E-state index contributed by atoms with van der Waals surface area (Å²) in [4.78, 5) is 74.1. The molecule has 7 rings (SSSR count). The molecule has 0 saturated carbocycles. The molecule has 5 aromatic rings. The quantitative estimate of drug-likeness (QED) is 0.0109. The monoisotopic (exact) mass is 967 g/mol. The maximum absolute atomic E-state index is 13.2. The first-order valence-corrected chi connectivity index (χ1v) is 22.5. The fourth-order valence-corrected chi connectivity index (χ4v) is 7.88. The number of carbonyl (C=O) groups excluding carboxylic acids is 3. The molecule has 70 heavy (non-hydrogen) atoms. The third-order valence-electron chi connectivity index (χ3n) is 10.7. The minimum atomic E-state index is -1.23. The highest BCUT2D eigenvalue weighted by Crippen LogP contribution is 2.42. The summed E-state index contributed by atoms with van der Waals surface area (Å²) in [7, 11) is 0. The normalized spacial score (nSPS) is 11.3. The van der Waals surface area contributed by atoms with E-state index >= 15 is 0 Å². The fourth-order valence-electron chi connectivity index (χ4n) is 7.24. The average Bonchev–Trinajstić information content (AvgIpc) is 3.34. The molecule has 0 unspecified atom stereocenters. The van der Waals surface area contributed by atoms with E-state index in [4.69, 9.17) is 18.6 Å². The fraction of sp³-hybridized carbons (Fsp3) is 0.173. The number of aromatic hydroxyl groups is 2. The summed E-state index contributed by atoms with van der Waals surface area (Å²) < 4.78 is 22.9. The predicted molar refractivity (Wildman–Crippen MR) is 260 cm³/mol. The first kappa shape index (κ1) is 49.7. The number of benzene rings is 6. The van der Waals surface area contributed by atoms with Crippen LogP contribution in [0.25, 0.3) is 39.5 Å². The van der Waals surface area contributed by atoms with Crippen molar-refractivity contribution in [3.63, 3.8) is 0 Å². The molecule has 5 aromatic carbocycles. The van der Waals surface area contributed by atoms with Crippen molar-refractivity contribution in [3.05, 3.63) is 181 Å². The van der Waals surface area contributed by atoms with Crippen LogP contribution in [0.3, 0.4) is 0 Å². The topological polar surface area (TPSA) is 254 Å². The Morgan fingerprint density at radius 1 is 0.729 bits per heavy atom. The zero-order valence-corrected chi connectivity index (χ0v) is 38.1. The van der Waals surface area contributed by atoms with Crippen LogP contribution in [0.5, 0.6) is 11.5 Å². The van der Waals surface area contributed by atoms with E-state index in [-0.39, 0.29) is 121 Å². The Labute approximate surface area is 403 Å². The Hall–Kier alpha value is -8.16. The molecule has 17 nitrogen and oxygen atoms in total. The van der Waals surface area contributed by atoms with Gasteiger partial charge in [-0.25, -0.2) is 4.79 Å². The summed E-state index contributed by atoms with van der Waals surface area (Å²) >= 11 is 1.02. The van der Waals surface area contributed by atoms with Crippen molar-refractivity contribution >= 4 is 57.4 Å². The van der Waals surface area contributed by atoms with Gasteiger partial charge in [0, 0.05) is 64.3 Å². The Kier molecular flexibility index (Phi) is 16.9. The minimum absolute atomic E-state index is 0.0249. The number of aromatic carboxylic acids is 1. The van der Waals surface area contributed by atoms with Crippen LogP contribution in [0.4, 0.5) is 5.69 Å². The van der Waals surface area contributed by atoms with Crippen LogP contribution in [0.15, 0.2) is 142 Å². The zero-order chi connectivity index (χ0) is 49.6. The van der Waals surface area contributed by atoms with Crippen molar-refractivity contribution in [3.8, 4) is 33.9 Å². The molecule has 18 heteroatoms. The number of nitrogens with one attached hydrogen (secondary N) is 2. The van der Waals surface area contributed by atoms with Crippen LogP contribution >= 0.6 is 11.8 Å². The van der Waals surface area contributed by atoms with Crippen LogP contribution < -0.4 is 16.1 Å². The van der Waals surface area contributed by atoms with Gasteiger partial charge in [0.15, 0.2) is 5.43 Å². The van der Waals surface area contributed by atoms with Crippen LogP contribution in [0, 0.1) is 10.1 Å². The van der Waals surface area contributed by atoms with Gasteiger partial charge in [-0.15, -0.1) is 0 Å². The number of carboxylic acids is 1. The third kappa shape index (κ3) is 13.5. The number of non-ortho nitro benzene ring substituents is 1. The molecule has 1 heterocycles. The van der Waals surface area contributed by atoms with Gasteiger partial charge in [0.05, 0.1) is 56.5 Å². The Balaban J connectivity index is 0.803. The number of nitro benzene ring substituents is 1. The molecule has 2 aliphatic rings. The second-order valence-corrected chi connectivity index (χ2v) is 16.7. The number of carbonyl (C=O) groups is 4.